The number of amides is 2. The normalized spacial score (nSPS) is 10.6. The molecule has 1 aromatic rings. The second-order valence-electron chi connectivity index (χ2n) is 6.24. The molecule has 0 heterocycles. The predicted octanol–water partition coefficient (Wildman–Crippen LogP) is 2.11. The molecule has 130 valence electrons. The number of benzene rings is 1. The van der Waals surface area contributed by atoms with Crippen molar-refractivity contribution < 1.29 is 9.59 Å². The van der Waals surface area contributed by atoms with Crippen molar-refractivity contribution in [2.45, 2.75) is 34.2 Å². The molecule has 1 aromatic carbocycles. The predicted molar refractivity (Wildman–Crippen MR) is 95.9 cm³/mol. The first-order valence-electron chi connectivity index (χ1n) is 7.70. The smallest absolute Gasteiger partial charge is 0.251 e. The molecule has 0 spiro atoms. The molecule has 5 nitrogen and oxygen atoms in total. The summed E-state index contributed by atoms with van der Waals surface area (Å²) in [6.07, 6.45) is 0. The summed E-state index contributed by atoms with van der Waals surface area (Å²) in [6.45, 7) is 10.4. The Balaban J connectivity index is 0.00000484. The zero-order chi connectivity index (χ0) is 16.6. The van der Waals surface area contributed by atoms with E-state index in [9.17, 15) is 9.59 Å². The number of carbonyl (C=O) groups excluding carboxylic acids is 2. The Labute approximate surface area is 145 Å². The minimum Gasteiger partial charge on any atom is -0.352 e. The molecule has 2 amide bonds. The van der Waals surface area contributed by atoms with E-state index in [0.29, 0.717) is 18.7 Å². The average Bonchev–Trinajstić information content (AvgIpc) is 2.48. The van der Waals surface area contributed by atoms with E-state index in [2.05, 4.69) is 16.0 Å². The van der Waals surface area contributed by atoms with Crippen molar-refractivity contribution in [3.63, 3.8) is 0 Å². The molecule has 1 rings (SSSR count). The van der Waals surface area contributed by atoms with Gasteiger partial charge in [0.1, 0.15) is 0 Å². The molecule has 0 saturated heterocycles. The van der Waals surface area contributed by atoms with E-state index in [1.807, 2.05) is 39.8 Å². The van der Waals surface area contributed by atoms with Gasteiger partial charge in [0.05, 0.1) is 0 Å². The maximum Gasteiger partial charge on any atom is 0.251 e. The van der Waals surface area contributed by atoms with Crippen LogP contribution in [-0.2, 0) is 11.3 Å². The molecule has 0 saturated carbocycles. The number of halogens is 1. The molecule has 0 aromatic heterocycles. The van der Waals surface area contributed by atoms with Crippen LogP contribution in [0.25, 0.3) is 0 Å². The first kappa shape index (κ1) is 21.4. The van der Waals surface area contributed by atoms with Gasteiger partial charge in [-0.15, -0.1) is 12.4 Å². The Morgan fingerprint density at radius 1 is 1.00 bits per heavy atom. The summed E-state index contributed by atoms with van der Waals surface area (Å²) >= 11 is 0. The summed E-state index contributed by atoms with van der Waals surface area (Å²) in [6, 6.07) is 7.28. The van der Waals surface area contributed by atoms with Crippen LogP contribution in [0.4, 0.5) is 0 Å². The molecule has 0 radical (unpaired) electrons. The number of hydrogen-bond donors (Lipinski definition) is 3. The summed E-state index contributed by atoms with van der Waals surface area (Å²) in [5, 5.41) is 8.89. The van der Waals surface area contributed by atoms with E-state index < -0.39 is 5.41 Å². The highest BCUT2D eigenvalue weighted by atomic mass is 35.5. The number of rotatable bonds is 7. The van der Waals surface area contributed by atoms with Crippen molar-refractivity contribution in [3.05, 3.63) is 35.4 Å². The second-order valence-corrected chi connectivity index (χ2v) is 6.24. The van der Waals surface area contributed by atoms with Gasteiger partial charge in [0, 0.05) is 30.6 Å². The van der Waals surface area contributed by atoms with Gasteiger partial charge in [-0.3, -0.25) is 9.59 Å². The van der Waals surface area contributed by atoms with Crippen molar-refractivity contribution in [3.8, 4) is 0 Å². The first-order chi connectivity index (χ1) is 10.3. The number of hydrogen-bond acceptors (Lipinski definition) is 3. The minimum absolute atomic E-state index is 0. The molecule has 0 fully saturated rings. The van der Waals surface area contributed by atoms with Crippen molar-refractivity contribution >= 4 is 24.2 Å². The minimum atomic E-state index is -0.396. The van der Waals surface area contributed by atoms with E-state index in [1.165, 1.54) is 0 Å². The van der Waals surface area contributed by atoms with Gasteiger partial charge in [-0.1, -0.05) is 39.8 Å². The summed E-state index contributed by atoms with van der Waals surface area (Å²) in [7, 11) is 0. The molecule has 0 aliphatic rings. The number of likely N-dealkylation sites (N-methyl/N-ethyl adjacent to an activating group) is 1. The fraction of sp³-hybridized carbons (Fsp3) is 0.529. The van der Waals surface area contributed by atoms with E-state index in [0.717, 1.165) is 18.7 Å². The van der Waals surface area contributed by atoms with Crippen LogP contribution >= 0.6 is 12.4 Å². The largest absolute Gasteiger partial charge is 0.352 e. The Morgan fingerprint density at radius 2 is 1.61 bits per heavy atom. The van der Waals surface area contributed by atoms with Crippen LogP contribution in [0.5, 0.6) is 0 Å². The third-order valence-corrected chi connectivity index (χ3v) is 3.19. The van der Waals surface area contributed by atoms with Crippen molar-refractivity contribution in [1.82, 2.24) is 16.0 Å². The van der Waals surface area contributed by atoms with Crippen molar-refractivity contribution in [2.75, 3.05) is 19.6 Å². The Morgan fingerprint density at radius 3 is 2.13 bits per heavy atom. The SMILES string of the molecule is CCNCCNC(=O)c1ccc(CNC(=O)C(C)(C)C)cc1.Cl. The lowest BCUT2D eigenvalue weighted by atomic mass is 9.95. The zero-order valence-corrected chi connectivity index (χ0v) is 15.2. The highest BCUT2D eigenvalue weighted by Gasteiger charge is 2.20. The highest BCUT2D eigenvalue weighted by Crippen LogP contribution is 2.13. The van der Waals surface area contributed by atoms with Gasteiger partial charge in [0.15, 0.2) is 0 Å². The van der Waals surface area contributed by atoms with Gasteiger partial charge in [-0.2, -0.15) is 0 Å². The first-order valence-corrected chi connectivity index (χ1v) is 7.70. The topological polar surface area (TPSA) is 70.2 Å². The lowest BCUT2D eigenvalue weighted by Crippen LogP contribution is -2.34. The van der Waals surface area contributed by atoms with E-state index in [-0.39, 0.29) is 24.2 Å². The Bertz CT molecular complexity index is 496. The van der Waals surface area contributed by atoms with Gasteiger partial charge in [0.25, 0.3) is 5.91 Å². The van der Waals surface area contributed by atoms with Gasteiger partial charge >= 0.3 is 0 Å². The van der Waals surface area contributed by atoms with Crippen molar-refractivity contribution in [1.29, 1.82) is 0 Å². The van der Waals surface area contributed by atoms with Crippen LogP contribution in [0.2, 0.25) is 0 Å². The Kier molecular flexibility index (Phi) is 9.53. The fourth-order valence-corrected chi connectivity index (χ4v) is 1.76. The van der Waals surface area contributed by atoms with Crippen LogP contribution in [-0.4, -0.2) is 31.4 Å². The molecule has 0 aliphatic carbocycles. The molecule has 23 heavy (non-hydrogen) atoms. The average molecular weight is 342 g/mol. The summed E-state index contributed by atoms with van der Waals surface area (Å²) in [5.74, 6) is -0.0686. The molecule has 0 unspecified atom stereocenters. The van der Waals surface area contributed by atoms with E-state index >= 15 is 0 Å². The van der Waals surface area contributed by atoms with Crippen LogP contribution in [0, 0.1) is 5.41 Å². The summed E-state index contributed by atoms with van der Waals surface area (Å²) in [5.41, 5.74) is 1.20. The summed E-state index contributed by atoms with van der Waals surface area (Å²) < 4.78 is 0. The maximum atomic E-state index is 11.9. The van der Waals surface area contributed by atoms with Gasteiger partial charge < -0.3 is 16.0 Å². The van der Waals surface area contributed by atoms with Crippen molar-refractivity contribution in [2.24, 2.45) is 5.41 Å². The molecule has 3 N–H and O–H groups in total. The molecule has 0 atom stereocenters. The van der Waals surface area contributed by atoms with Crippen LogP contribution in [0.15, 0.2) is 24.3 Å². The third kappa shape index (κ3) is 8.00. The molecule has 6 heteroatoms. The fourth-order valence-electron chi connectivity index (χ4n) is 1.76. The number of carbonyl (C=O) groups is 2. The summed E-state index contributed by atoms with van der Waals surface area (Å²) in [4.78, 5) is 23.7. The third-order valence-electron chi connectivity index (χ3n) is 3.19. The van der Waals surface area contributed by atoms with Crippen LogP contribution in [0.3, 0.4) is 0 Å². The quantitative estimate of drug-likeness (QED) is 0.665. The molecule has 0 bridgehead atoms. The molecule has 0 aliphatic heterocycles. The number of nitrogens with one attached hydrogen (secondary N) is 3. The molecular formula is C17H28ClN3O2. The van der Waals surface area contributed by atoms with Gasteiger partial charge in [0.2, 0.25) is 5.91 Å². The van der Waals surface area contributed by atoms with Gasteiger partial charge in [-0.05, 0) is 24.2 Å². The zero-order valence-electron chi connectivity index (χ0n) is 14.4. The lowest BCUT2D eigenvalue weighted by molar-refractivity contribution is -0.128. The second kappa shape index (κ2) is 10.2. The highest BCUT2D eigenvalue weighted by molar-refractivity contribution is 5.94. The van der Waals surface area contributed by atoms with Crippen LogP contribution in [0.1, 0.15) is 43.6 Å². The lowest BCUT2D eigenvalue weighted by Gasteiger charge is -2.17. The maximum absolute atomic E-state index is 11.9. The van der Waals surface area contributed by atoms with Gasteiger partial charge in [-0.25, -0.2) is 0 Å². The Hall–Kier alpha value is -1.59. The van der Waals surface area contributed by atoms with Crippen LogP contribution < -0.4 is 16.0 Å². The monoisotopic (exact) mass is 341 g/mol. The standard InChI is InChI=1S/C17H27N3O2.ClH/c1-5-18-10-11-19-15(21)14-8-6-13(7-9-14)12-20-16(22)17(2,3)4;/h6-9,18H,5,10-12H2,1-4H3,(H,19,21)(H,20,22);1H. The van der Waals surface area contributed by atoms with E-state index in [1.54, 1.807) is 12.1 Å². The van der Waals surface area contributed by atoms with E-state index in [4.69, 9.17) is 0 Å². The molecular weight excluding hydrogens is 314 g/mol.